The fraction of sp³-hybridized carbons (Fsp3) is 0.174. The zero-order valence-electron chi connectivity index (χ0n) is 16.1. The van der Waals surface area contributed by atoms with E-state index in [9.17, 15) is 15.0 Å². The molecule has 7 heteroatoms. The van der Waals surface area contributed by atoms with Crippen molar-refractivity contribution in [2.24, 2.45) is 5.73 Å². The molecule has 4 N–H and O–H groups in total. The van der Waals surface area contributed by atoms with Gasteiger partial charge in [-0.05, 0) is 66.1 Å². The highest BCUT2D eigenvalue weighted by Gasteiger charge is 2.20. The number of primary amides is 1. The molecule has 0 saturated carbocycles. The minimum atomic E-state index is -0.850. The Labute approximate surface area is 184 Å². The van der Waals surface area contributed by atoms with Crippen LogP contribution in [0.5, 0.6) is 5.75 Å². The number of benzene rings is 3. The molecule has 1 unspecified atom stereocenters. The monoisotopic (exact) mass is 443 g/mol. The predicted octanol–water partition coefficient (Wildman–Crippen LogP) is 5.50. The molecule has 3 aromatic carbocycles. The zero-order chi connectivity index (χ0) is 21.5. The average Bonchev–Trinajstić information content (AvgIpc) is 2.73. The Morgan fingerprint density at radius 1 is 1.00 bits per heavy atom. The van der Waals surface area contributed by atoms with Gasteiger partial charge in [-0.3, -0.25) is 0 Å². The molecule has 0 spiro atoms. The molecular formula is C23H22ClNO4S. The van der Waals surface area contributed by atoms with Crippen LogP contribution in [0.25, 0.3) is 0 Å². The van der Waals surface area contributed by atoms with Crippen molar-refractivity contribution >= 4 is 29.5 Å². The lowest BCUT2D eigenvalue weighted by atomic mass is 9.91. The van der Waals surface area contributed by atoms with Crippen LogP contribution in [0.2, 0.25) is 5.02 Å². The number of carbonyl (C=O) groups is 1. The second kappa shape index (κ2) is 10.4. The Kier molecular flexibility index (Phi) is 7.63. The Hall–Kier alpha value is -2.67. The van der Waals surface area contributed by atoms with E-state index in [2.05, 4.69) is 0 Å². The Balaban J connectivity index is 1.73. The summed E-state index contributed by atoms with van der Waals surface area (Å²) in [6, 6.07) is 21.9. The first-order valence-electron chi connectivity index (χ1n) is 9.33. The number of phenolic OH excluding ortho intramolecular Hbond substituents is 1. The largest absolute Gasteiger partial charge is 0.508 e. The van der Waals surface area contributed by atoms with Crippen molar-refractivity contribution in [2.45, 2.75) is 28.2 Å². The Morgan fingerprint density at radius 2 is 1.63 bits per heavy atom. The molecular weight excluding hydrogens is 422 g/mol. The summed E-state index contributed by atoms with van der Waals surface area (Å²) in [4.78, 5) is 13.1. The molecule has 3 rings (SSSR count). The maximum Gasteiger partial charge on any atom is 0.404 e. The summed E-state index contributed by atoms with van der Waals surface area (Å²) in [5, 5.41) is 20.6. The number of halogens is 1. The zero-order valence-corrected chi connectivity index (χ0v) is 17.6. The SMILES string of the molecule is NC(=O)OCC(C[C@@H](O)c1cccc(Cl)c1)c1ccc(Sc2ccc(O)cc2)cc1. The molecule has 0 aliphatic heterocycles. The third-order valence-electron chi connectivity index (χ3n) is 4.59. The van der Waals surface area contributed by atoms with Gasteiger partial charge in [0.05, 0.1) is 6.10 Å². The van der Waals surface area contributed by atoms with E-state index in [-0.39, 0.29) is 18.3 Å². The second-order valence-corrected chi connectivity index (χ2v) is 8.38. The van der Waals surface area contributed by atoms with E-state index in [1.165, 1.54) is 0 Å². The standard InChI is InChI=1S/C23H22ClNO4S/c24-18-3-1-2-16(12-18)22(27)13-17(14-29-23(25)28)15-4-8-20(9-5-15)30-21-10-6-19(26)7-11-21/h1-12,17,22,26-27H,13-14H2,(H2,25,28)/t17?,22-/m1/s1. The normalized spacial score (nSPS) is 12.9. The number of aliphatic hydroxyl groups is 1. The quantitative estimate of drug-likeness (QED) is 0.427. The molecule has 1 amide bonds. The van der Waals surface area contributed by atoms with Gasteiger partial charge < -0.3 is 20.7 Å². The number of ether oxygens (including phenoxy) is 1. The summed E-state index contributed by atoms with van der Waals surface area (Å²) < 4.78 is 5.03. The van der Waals surface area contributed by atoms with Crippen LogP contribution in [0.3, 0.4) is 0 Å². The summed E-state index contributed by atoms with van der Waals surface area (Å²) >= 11 is 7.59. The van der Waals surface area contributed by atoms with Gasteiger partial charge in [0, 0.05) is 20.7 Å². The lowest BCUT2D eigenvalue weighted by molar-refractivity contribution is 0.118. The number of amides is 1. The lowest BCUT2D eigenvalue weighted by Gasteiger charge is -2.21. The van der Waals surface area contributed by atoms with Crippen molar-refractivity contribution < 1.29 is 19.7 Å². The van der Waals surface area contributed by atoms with Crippen LogP contribution < -0.4 is 5.73 Å². The van der Waals surface area contributed by atoms with Gasteiger partial charge in [-0.25, -0.2) is 4.79 Å². The fourth-order valence-electron chi connectivity index (χ4n) is 3.06. The molecule has 0 heterocycles. The van der Waals surface area contributed by atoms with Gasteiger partial charge in [0.2, 0.25) is 0 Å². The lowest BCUT2D eigenvalue weighted by Crippen LogP contribution is -2.19. The number of hydrogen-bond acceptors (Lipinski definition) is 5. The van der Waals surface area contributed by atoms with Crippen LogP contribution in [0, 0.1) is 0 Å². The number of rotatable bonds is 8. The molecule has 0 fully saturated rings. The molecule has 0 aliphatic rings. The number of aromatic hydroxyl groups is 1. The van der Waals surface area contributed by atoms with Crippen molar-refractivity contribution in [3.8, 4) is 5.75 Å². The van der Waals surface area contributed by atoms with Gasteiger partial charge in [0.25, 0.3) is 0 Å². The summed E-state index contributed by atoms with van der Waals surface area (Å²) in [6.45, 7) is 0.0669. The van der Waals surface area contributed by atoms with E-state index in [0.717, 1.165) is 15.4 Å². The predicted molar refractivity (Wildman–Crippen MR) is 118 cm³/mol. The van der Waals surface area contributed by atoms with Gasteiger partial charge >= 0.3 is 6.09 Å². The van der Waals surface area contributed by atoms with Crippen LogP contribution in [0.15, 0.2) is 82.6 Å². The number of nitrogens with two attached hydrogens (primary N) is 1. The number of hydrogen-bond donors (Lipinski definition) is 3. The molecule has 2 atom stereocenters. The van der Waals surface area contributed by atoms with Gasteiger partial charge in [0.15, 0.2) is 0 Å². The van der Waals surface area contributed by atoms with Crippen molar-refractivity contribution in [3.05, 3.63) is 88.9 Å². The highest BCUT2D eigenvalue weighted by atomic mass is 35.5. The van der Waals surface area contributed by atoms with E-state index in [1.54, 1.807) is 48.2 Å². The third-order valence-corrected chi connectivity index (χ3v) is 5.84. The molecule has 0 saturated heterocycles. The van der Waals surface area contributed by atoms with Crippen molar-refractivity contribution in [3.63, 3.8) is 0 Å². The first kappa shape index (κ1) is 22.0. The van der Waals surface area contributed by atoms with E-state index in [0.29, 0.717) is 17.0 Å². The average molecular weight is 444 g/mol. The van der Waals surface area contributed by atoms with Gasteiger partial charge in [-0.1, -0.05) is 47.6 Å². The van der Waals surface area contributed by atoms with E-state index in [4.69, 9.17) is 22.1 Å². The Bertz CT molecular complexity index is 979. The molecule has 0 radical (unpaired) electrons. The van der Waals surface area contributed by atoms with Crippen LogP contribution in [0.4, 0.5) is 4.79 Å². The van der Waals surface area contributed by atoms with E-state index >= 15 is 0 Å². The van der Waals surface area contributed by atoms with Gasteiger partial charge in [-0.2, -0.15) is 0 Å². The molecule has 156 valence electrons. The minimum Gasteiger partial charge on any atom is -0.508 e. The van der Waals surface area contributed by atoms with Crippen LogP contribution in [-0.2, 0) is 4.74 Å². The summed E-state index contributed by atoms with van der Waals surface area (Å²) in [7, 11) is 0. The van der Waals surface area contributed by atoms with Crippen LogP contribution in [0.1, 0.15) is 29.6 Å². The molecule has 5 nitrogen and oxygen atoms in total. The topological polar surface area (TPSA) is 92.8 Å². The van der Waals surface area contributed by atoms with E-state index in [1.807, 2.05) is 36.4 Å². The highest BCUT2D eigenvalue weighted by Crippen LogP contribution is 2.33. The maximum atomic E-state index is 11.1. The number of phenols is 1. The summed E-state index contributed by atoms with van der Waals surface area (Å²) in [6.07, 6.45) is -1.27. The summed E-state index contributed by atoms with van der Waals surface area (Å²) in [5.41, 5.74) is 6.76. The summed E-state index contributed by atoms with van der Waals surface area (Å²) in [5.74, 6) is -0.00976. The van der Waals surface area contributed by atoms with Gasteiger partial charge in [0.1, 0.15) is 12.4 Å². The van der Waals surface area contributed by atoms with Crippen molar-refractivity contribution in [2.75, 3.05) is 6.61 Å². The number of carbonyl (C=O) groups excluding carboxylic acids is 1. The molecule has 0 aliphatic carbocycles. The Morgan fingerprint density at radius 3 is 2.23 bits per heavy atom. The maximum absolute atomic E-state index is 11.1. The number of aliphatic hydroxyl groups excluding tert-OH is 1. The molecule has 30 heavy (non-hydrogen) atoms. The minimum absolute atomic E-state index is 0.0669. The highest BCUT2D eigenvalue weighted by molar-refractivity contribution is 7.99. The van der Waals surface area contributed by atoms with Crippen molar-refractivity contribution in [1.29, 1.82) is 0 Å². The third kappa shape index (κ3) is 6.42. The van der Waals surface area contributed by atoms with Gasteiger partial charge in [-0.15, -0.1) is 0 Å². The fourth-order valence-corrected chi connectivity index (χ4v) is 4.08. The first-order valence-corrected chi connectivity index (χ1v) is 10.5. The first-order chi connectivity index (χ1) is 14.4. The van der Waals surface area contributed by atoms with Crippen LogP contribution in [-0.4, -0.2) is 22.9 Å². The molecule has 0 bridgehead atoms. The second-order valence-electron chi connectivity index (χ2n) is 6.80. The van der Waals surface area contributed by atoms with Crippen molar-refractivity contribution in [1.82, 2.24) is 0 Å². The molecule has 0 aromatic heterocycles. The van der Waals surface area contributed by atoms with Crippen LogP contribution >= 0.6 is 23.4 Å². The van der Waals surface area contributed by atoms with E-state index < -0.39 is 12.2 Å². The molecule has 3 aromatic rings. The smallest absolute Gasteiger partial charge is 0.404 e.